The van der Waals surface area contributed by atoms with Gasteiger partial charge in [0.05, 0.1) is 25.5 Å². The molecule has 48 heavy (non-hydrogen) atoms. The molecule has 1 amide bonds. The Balaban J connectivity index is 0.857. The van der Waals surface area contributed by atoms with Gasteiger partial charge in [-0.3, -0.25) is 19.6 Å². The number of hydrogen-bond acceptors (Lipinski definition) is 6. The first kappa shape index (κ1) is 33.0. The molecule has 4 saturated carbocycles. The van der Waals surface area contributed by atoms with Crippen molar-refractivity contribution in [3.05, 3.63) is 94.8 Å². The summed E-state index contributed by atoms with van der Waals surface area (Å²) in [4.78, 5) is 22.6. The molecular weight excluding hydrogens is 596 g/mol. The first-order valence-corrected chi connectivity index (χ1v) is 17.9. The molecule has 1 atom stereocenters. The average Bonchev–Trinajstić information content (AvgIpc) is 3.08. The number of rotatable bonds is 11. The Labute approximate surface area is 286 Å². The summed E-state index contributed by atoms with van der Waals surface area (Å²) < 4.78 is 10.6. The van der Waals surface area contributed by atoms with Crippen molar-refractivity contribution in [2.24, 2.45) is 23.2 Å². The second kappa shape index (κ2) is 14.9. The third-order valence-electron chi connectivity index (χ3n) is 11.1. The maximum Gasteiger partial charge on any atom is 0.255 e. The van der Waals surface area contributed by atoms with Gasteiger partial charge in [0, 0.05) is 74.3 Å². The molecule has 1 aliphatic heterocycles. The second-order valence-corrected chi connectivity index (χ2v) is 14.9. The lowest BCUT2D eigenvalue weighted by Crippen LogP contribution is -2.50. The first-order valence-electron chi connectivity index (χ1n) is 17.9. The highest BCUT2D eigenvalue weighted by Crippen LogP contribution is 2.59. The van der Waals surface area contributed by atoms with Gasteiger partial charge in [0.1, 0.15) is 0 Å². The number of anilines is 1. The van der Waals surface area contributed by atoms with Crippen molar-refractivity contribution < 1.29 is 14.3 Å². The Morgan fingerprint density at radius 1 is 0.896 bits per heavy atom. The molecule has 1 saturated heterocycles. The lowest BCUT2D eigenvalue weighted by Gasteiger charge is -2.54. The van der Waals surface area contributed by atoms with E-state index in [2.05, 4.69) is 63.1 Å². The van der Waals surface area contributed by atoms with E-state index >= 15 is 0 Å². The molecule has 5 fully saturated rings. The number of carbonyl (C=O) groups is 1. The number of nitrogens with one attached hydrogen (secondary N) is 1. The topological polar surface area (TPSA) is 66.9 Å². The molecular formula is C41H50N4O3. The monoisotopic (exact) mass is 646 g/mol. The summed E-state index contributed by atoms with van der Waals surface area (Å²) in [6, 6.07) is 20.7. The van der Waals surface area contributed by atoms with Gasteiger partial charge in [-0.15, -0.1) is 0 Å². The van der Waals surface area contributed by atoms with Crippen LogP contribution >= 0.6 is 0 Å². The van der Waals surface area contributed by atoms with Crippen LogP contribution in [0, 0.1) is 35.0 Å². The molecule has 5 aliphatic rings. The third kappa shape index (κ3) is 8.18. The van der Waals surface area contributed by atoms with E-state index in [1.807, 2.05) is 42.6 Å². The van der Waals surface area contributed by atoms with Crippen LogP contribution in [-0.4, -0.2) is 66.7 Å². The second-order valence-electron chi connectivity index (χ2n) is 14.9. The predicted molar refractivity (Wildman–Crippen MR) is 189 cm³/mol. The maximum atomic E-state index is 13.0. The number of nitrogens with zero attached hydrogens (tertiary/aromatic N) is 3. The highest BCUT2D eigenvalue weighted by atomic mass is 16.5. The number of carbonyl (C=O) groups excluding carboxylic acids is 1. The van der Waals surface area contributed by atoms with Crippen molar-refractivity contribution in [2.75, 3.05) is 45.3 Å². The van der Waals surface area contributed by atoms with E-state index in [4.69, 9.17) is 9.47 Å². The summed E-state index contributed by atoms with van der Waals surface area (Å²) in [6.45, 7) is 8.79. The number of hydrogen-bond donors (Lipinski definition) is 1. The number of piperazine rings is 1. The quantitative estimate of drug-likeness (QED) is 0.183. The van der Waals surface area contributed by atoms with Crippen LogP contribution in [0.2, 0.25) is 0 Å². The number of pyridine rings is 1. The molecule has 0 radical (unpaired) electrons. The van der Waals surface area contributed by atoms with Gasteiger partial charge in [-0.25, -0.2) is 0 Å². The van der Waals surface area contributed by atoms with Gasteiger partial charge in [0.15, 0.2) is 0 Å². The van der Waals surface area contributed by atoms with Crippen LogP contribution in [0.15, 0.2) is 66.9 Å². The molecule has 3 aromatic rings. The van der Waals surface area contributed by atoms with Crippen molar-refractivity contribution in [1.82, 2.24) is 14.8 Å². The van der Waals surface area contributed by atoms with Gasteiger partial charge < -0.3 is 14.8 Å². The summed E-state index contributed by atoms with van der Waals surface area (Å²) in [6.07, 6.45) is 10.2. The van der Waals surface area contributed by atoms with Gasteiger partial charge in [-0.2, -0.15) is 0 Å². The van der Waals surface area contributed by atoms with Crippen molar-refractivity contribution in [3.8, 4) is 11.8 Å². The molecule has 1 N–H and O–H groups in total. The molecule has 2 heterocycles. The Hall–Kier alpha value is -3.54. The summed E-state index contributed by atoms with van der Waals surface area (Å²) in [5, 5.41) is 3.07. The lowest BCUT2D eigenvalue weighted by molar-refractivity contribution is -0.0181. The van der Waals surface area contributed by atoms with E-state index in [1.54, 1.807) is 7.11 Å². The minimum absolute atomic E-state index is 0.0860. The van der Waals surface area contributed by atoms with Crippen LogP contribution in [0.1, 0.15) is 78.2 Å². The largest absolute Gasteiger partial charge is 0.382 e. The third-order valence-corrected chi connectivity index (χ3v) is 11.1. The molecule has 0 unspecified atom stereocenters. The van der Waals surface area contributed by atoms with E-state index in [-0.39, 0.29) is 11.3 Å². The van der Waals surface area contributed by atoms with E-state index in [0.717, 1.165) is 67.4 Å². The van der Waals surface area contributed by atoms with Gasteiger partial charge in [0.25, 0.3) is 5.91 Å². The normalized spacial score (nSPS) is 26.6. The van der Waals surface area contributed by atoms with E-state index in [1.165, 1.54) is 49.7 Å². The average molecular weight is 647 g/mol. The van der Waals surface area contributed by atoms with E-state index in [0.29, 0.717) is 31.4 Å². The van der Waals surface area contributed by atoms with Crippen molar-refractivity contribution >= 4 is 11.6 Å². The molecule has 7 heteroatoms. The Morgan fingerprint density at radius 3 is 2.25 bits per heavy atom. The first-order chi connectivity index (χ1) is 23.4. The fraction of sp³-hybridized carbons (Fsp3) is 0.512. The van der Waals surface area contributed by atoms with Gasteiger partial charge in [-0.05, 0) is 117 Å². The zero-order valence-corrected chi connectivity index (χ0v) is 28.6. The predicted octanol–water partition coefficient (Wildman–Crippen LogP) is 6.77. The molecule has 4 bridgehead atoms. The molecule has 1 aromatic heterocycles. The van der Waals surface area contributed by atoms with E-state index in [9.17, 15) is 4.79 Å². The van der Waals surface area contributed by atoms with Crippen LogP contribution in [0.25, 0.3) is 0 Å². The van der Waals surface area contributed by atoms with Crippen molar-refractivity contribution in [2.45, 2.75) is 71.2 Å². The fourth-order valence-electron chi connectivity index (χ4n) is 8.97. The molecule has 252 valence electrons. The minimum Gasteiger partial charge on any atom is -0.382 e. The summed E-state index contributed by atoms with van der Waals surface area (Å²) in [5.41, 5.74) is 6.15. The van der Waals surface area contributed by atoms with E-state index < -0.39 is 0 Å². The van der Waals surface area contributed by atoms with Crippen LogP contribution in [-0.2, 0) is 29.2 Å². The highest BCUT2D eigenvalue weighted by Gasteiger charge is 2.50. The fourth-order valence-corrected chi connectivity index (χ4v) is 8.97. The highest BCUT2D eigenvalue weighted by molar-refractivity contribution is 6.04. The SMILES string of the molecule is COCCOCc1ccc(CN2CCN(Cc3ccc(C(=O)Nc4ccc(C#CC56CC7CC(CC(C7)C5)C6)cc4)cc3)[C@@H](C)C2)cn1. The van der Waals surface area contributed by atoms with Gasteiger partial charge >= 0.3 is 0 Å². The number of aromatic nitrogens is 1. The zero-order chi connectivity index (χ0) is 32.9. The Bertz CT molecular complexity index is 1560. The number of amides is 1. The van der Waals surface area contributed by atoms with Gasteiger partial charge in [0.2, 0.25) is 0 Å². The molecule has 4 aliphatic carbocycles. The molecule has 0 spiro atoms. The Kier molecular flexibility index (Phi) is 10.3. The summed E-state index contributed by atoms with van der Waals surface area (Å²) in [5.74, 6) is 9.88. The van der Waals surface area contributed by atoms with Crippen molar-refractivity contribution in [1.29, 1.82) is 0 Å². The number of ether oxygens (including phenoxy) is 2. The van der Waals surface area contributed by atoms with Crippen molar-refractivity contribution in [3.63, 3.8) is 0 Å². The summed E-state index contributed by atoms with van der Waals surface area (Å²) >= 11 is 0. The maximum absolute atomic E-state index is 13.0. The molecule has 7 nitrogen and oxygen atoms in total. The van der Waals surface area contributed by atoms with Gasteiger partial charge in [-0.1, -0.05) is 30.0 Å². The molecule has 8 rings (SSSR count). The minimum atomic E-state index is -0.0860. The van der Waals surface area contributed by atoms with Crippen LogP contribution in [0.5, 0.6) is 0 Å². The zero-order valence-electron chi connectivity index (χ0n) is 28.6. The lowest BCUT2D eigenvalue weighted by atomic mass is 9.50. The molecule has 2 aromatic carbocycles. The summed E-state index contributed by atoms with van der Waals surface area (Å²) in [7, 11) is 1.68. The van der Waals surface area contributed by atoms with Crippen LogP contribution < -0.4 is 5.32 Å². The van der Waals surface area contributed by atoms with Crippen LogP contribution in [0.4, 0.5) is 5.69 Å². The number of methoxy groups -OCH3 is 1. The van der Waals surface area contributed by atoms with Crippen LogP contribution in [0.3, 0.4) is 0 Å². The number of benzene rings is 2. The Morgan fingerprint density at radius 2 is 1.60 bits per heavy atom. The standard InChI is InChI=1S/C41H50N4O3/c1-30-26-44(27-33-7-12-39(42-25-33)29-48-18-17-47-2)15-16-45(30)28-32-3-8-37(9-4-32)40(46)43-38-10-5-31(6-11-38)13-14-41-22-34-19-35(23-41)21-36(20-34)24-41/h3-12,25,30,34-36H,15-24,26-29H2,1-2H3,(H,43,46)/t30-,34?,35?,36?,41?/m0/s1. The smallest absolute Gasteiger partial charge is 0.255 e.